The maximum atomic E-state index is 13.6. The highest BCUT2D eigenvalue weighted by Crippen LogP contribution is 2.23. The van der Waals surface area contributed by atoms with E-state index in [2.05, 4.69) is 0 Å². The summed E-state index contributed by atoms with van der Waals surface area (Å²) in [5.74, 6) is -2.28. The number of halogens is 5. The van der Waals surface area contributed by atoms with Gasteiger partial charge < -0.3 is 4.90 Å². The van der Waals surface area contributed by atoms with E-state index in [0.29, 0.717) is 5.56 Å². The van der Waals surface area contributed by atoms with Gasteiger partial charge in [-0.3, -0.25) is 9.69 Å². The standard InChI is InChI=1S/C13H13ClF4N2O/c14-10-2-1-3-11(15)9(10)8-19-4-6-20(7-5-19)12(21)13(16,17)18/h1-3H,4-8H2. The topological polar surface area (TPSA) is 23.6 Å². The van der Waals surface area contributed by atoms with Crippen molar-refractivity contribution >= 4 is 17.5 Å². The smallest absolute Gasteiger partial charge is 0.332 e. The lowest BCUT2D eigenvalue weighted by atomic mass is 10.2. The number of nitrogens with zero attached hydrogens (tertiary/aromatic N) is 2. The van der Waals surface area contributed by atoms with Gasteiger partial charge in [-0.1, -0.05) is 17.7 Å². The van der Waals surface area contributed by atoms with Crippen molar-refractivity contribution in [2.45, 2.75) is 12.7 Å². The highest BCUT2D eigenvalue weighted by atomic mass is 35.5. The van der Waals surface area contributed by atoms with Crippen LogP contribution in [0, 0.1) is 5.82 Å². The molecular weight excluding hydrogens is 312 g/mol. The van der Waals surface area contributed by atoms with E-state index in [1.165, 1.54) is 12.1 Å². The van der Waals surface area contributed by atoms with Crippen LogP contribution in [0.1, 0.15) is 5.56 Å². The molecule has 8 heteroatoms. The summed E-state index contributed by atoms with van der Waals surface area (Å²) in [4.78, 5) is 13.6. The zero-order chi connectivity index (χ0) is 15.6. The van der Waals surface area contributed by atoms with Gasteiger partial charge >= 0.3 is 12.1 Å². The van der Waals surface area contributed by atoms with Gasteiger partial charge in [0.2, 0.25) is 0 Å². The Morgan fingerprint density at radius 3 is 2.33 bits per heavy atom. The van der Waals surface area contributed by atoms with Crippen LogP contribution in [0.25, 0.3) is 0 Å². The van der Waals surface area contributed by atoms with E-state index in [1.807, 2.05) is 0 Å². The fourth-order valence-corrected chi connectivity index (χ4v) is 2.42. The number of rotatable bonds is 2. The van der Waals surface area contributed by atoms with Crippen molar-refractivity contribution in [2.75, 3.05) is 26.2 Å². The highest BCUT2D eigenvalue weighted by molar-refractivity contribution is 6.31. The predicted molar refractivity (Wildman–Crippen MR) is 69.3 cm³/mol. The van der Waals surface area contributed by atoms with Crippen LogP contribution in [0.5, 0.6) is 0 Å². The van der Waals surface area contributed by atoms with Gasteiger partial charge in [0, 0.05) is 43.3 Å². The van der Waals surface area contributed by atoms with Crippen LogP contribution in [-0.4, -0.2) is 48.1 Å². The molecule has 116 valence electrons. The zero-order valence-corrected chi connectivity index (χ0v) is 11.7. The second kappa shape index (κ2) is 6.19. The minimum absolute atomic E-state index is 0.0373. The first-order valence-electron chi connectivity index (χ1n) is 6.30. The fraction of sp³-hybridized carbons (Fsp3) is 0.462. The number of piperazine rings is 1. The average Bonchev–Trinajstić information content (AvgIpc) is 2.42. The van der Waals surface area contributed by atoms with E-state index in [0.717, 1.165) is 4.90 Å². The molecule has 0 spiro atoms. The largest absolute Gasteiger partial charge is 0.471 e. The summed E-state index contributed by atoms with van der Waals surface area (Å²) in [6.45, 7) is 0.618. The molecule has 1 aliphatic heterocycles. The monoisotopic (exact) mass is 324 g/mol. The van der Waals surface area contributed by atoms with Crippen LogP contribution in [0.15, 0.2) is 18.2 Å². The second-order valence-corrected chi connectivity index (χ2v) is 5.17. The fourth-order valence-electron chi connectivity index (χ4n) is 2.20. The lowest BCUT2D eigenvalue weighted by Gasteiger charge is -2.35. The van der Waals surface area contributed by atoms with Gasteiger partial charge in [0.25, 0.3) is 0 Å². The first kappa shape index (κ1) is 16.0. The van der Waals surface area contributed by atoms with Gasteiger partial charge in [-0.2, -0.15) is 13.2 Å². The Morgan fingerprint density at radius 1 is 1.19 bits per heavy atom. The van der Waals surface area contributed by atoms with Gasteiger partial charge in [-0.25, -0.2) is 4.39 Å². The van der Waals surface area contributed by atoms with E-state index >= 15 is 0 Å². The number of hydrogen-bond acceptors (Lipinski definition) is 2. The Balaban J connectivity index is 1.95. The lowest BCUT2D eigenvalue weighted by molar-refractivity contribution is -0.187. The molecule has 1 aromatic carbocycles. The third-order valence-electron chi connectivity index (χ3n) is 3.35. The summed E-state index contributed by atoms with van der Waals surface area (Å²) in [5.41, 5.74) is 0.315. The van der Waals surface area contributed by atoms with Crippen molar-refractivity contribution in [3.8, 4) is 0 Å². The molecule has 0 atom stereocenters. The average molecular weight is 325 g/mol. The van der Waals surface area contributed by atoms with Gasteiger partial charge in [0.05, 0.1) is 0 Å². The highest BCUT2D eigenvalue weighted by Gasteiger charge is 2.43. The van der Waals surface area contributed by atoms with E-state index in [4.69, 9.17) is 11.6 Å². The number of carbonyl (C=O) groups is 1. The summed E-state index contributed by atoms with van der Waals surface area (Å²) in [6, 6.07) is 4.33. The maximum Gasteiger partial charge on any atom is 0.471 e. The number of carbonyl (C=O) groups excluding carboxylic acids is 1. The molecule has 0 aliphatic carbocycles. The van der Waals surface area contributed by atoms with Gasteiger partial charge in [0.1, 0.15) is 5.82 Å². The summed E-state index contributed by atoms with van der Waals surface area (Å²) >= 11 is 5.91. The molecule has 1 saturated heterocycles. The van der Waals surface area contributed by atoms with Crippen molar-refractivity contribution in [3.63, 3.8) is 0 Å². The minimum atomic E-state index is -4.85. The van der Waals surface area contributed by atoms with E-state index in [1.54, 1.807) is 11.0 Å². The quantitative estimate of drug-likeness (QED) is 0.781. The van der Waals surface area contributed by atoms with Crippen LogP contribution in [0.2, 0.25) is 5.02 Å². The molecule has 1 amide bonds. The number of hydrogen-bond donors (Lipinski definition) is 0. The van der Waals surface area contributed by atoms with E-state index < -0.39 is 17.9 Å². The Hall–Kier alpha value is -1.34. The lowest BCUT2D eigenvalue weighted by Crippen LogP contribution is -2.52. The molecule has 0 saturated carbocycles. The molecule has 0 aromatic heterocycles. The van der Waals surface area contributed by atoms with Crippen LogP contribution < -0.4 is 0 Å². The van der Waals surface area contributed by atoms with Crippen LogP contribution in [0.3, 0.4) is 0 Å². The Morgan fingerprint density at radius 2 is 1.81 bits per heavy atom. The summed E-state index contributed by atoms with van der Waals surface area (Å²) in [5, 5.41) is 0.281. The predicted octanol–water partition coefficient (Wildman–Crippen LogP) is 2.69. The molecular formula is C13H13ClF4N2O. The first-order chi connectivity index (χ1) is 9.79. The molecule has 1 aliphatic rings. The number of benzene rings is 1. The third kappa shape index (κ3) is 3.85. The van der Waals surface area contributed by atoms with Gasteiger partial charge in [0.15, 0.2) is 0 Å². The van der Waals surface area contributed by atoms with E-state index in [9.17, 15) is 22.4 Å². The summed E-state index contributed by atoms with van der Waals surface area (Å²) in [7, 11) is 0. The normalized spacial score (nSPS) is 17.1. The van der Waals surface area contributed by atoms with Crippen LogP contribution in [-0.2, 0) is 11.3 Å². The van der Waals surface area contributed by atoms with Crippen molar-refractivity contribution in [1.29, 1.82) is 0 Å². The maximum absolute atomic E-state index is 13.6. The zero-order valence-electron chi connectivity index (χ0n) is 11.0. The van der Waals surface area contributed by atoms with Gasteiger partial charge in [-0.15, -0.1) is 0 Å². The van der Waals surface area contributed by atoms with Crippen molar-refractivity contribution in [2.24, 2.45) is 0 Å². The molecule has 0 unspecified atom stereocenters. The molecule has 1 aromatic rings. The first-order valence-corrected chi connectivity index (χ1v) is 6.68. The molecule has 0 radical (unpaired) electrons. The Bertz CT molecular complexity index is 507. The SMILES string of the molecule is O=C(N1CCN(Cc2c(F)cccc2Cl)CC1)C(F)(F)F. The minimum Gasteiger partial charge on any atom is -0.332 e. The molecule has 0 bridgehead atoms. The second-order valence-electron chi connectivity index (χ2n) is 4.77. The van der Waals surface area contributed by atoms with Crippen molar-refractivity contribution < 1.29 is 22.4 Å². The van der Waals surface area contributed by atoms with E-state index in [-0.39, 0.29) is 37.7 Å². The molecule has 21 heavy (non-hydrogen) atoms. The molecule has 0 N–H and O–H groups in total. The Labute approximate surface area is 124 Å². The van der Waals surface area contributed by atoms with Gasteiger partial charge in [-0.05, 0) is 12.1 Å². The number of alkyl halides is 3. The van der Waals surface area contributed by atoms with Crippen LogP contribution in [0.4, 0.5) is 17.6 Å². The summed E-state index contributed by atoms with van der Waals surface area (Å²) in [6.07, 6.45) is -4.85. The Kier molecular flexibility index (Phi) is 4.73. The molecule has 3 nitrogen and oxygen atoms in total. The number of amides is 1. The van der Waals surface area contributed by atoms with Crippen LogP contribution >= 0.6 is 11.6 Å². The molecule has 2 rings (SSSR count). The summed E-state index contributed by atoms with van der Waals surface area (Å²) < 4.78 is 50.6. The molecule has 1 fully saturated rings. The van der Waals surface area contributed by atoms with Crippen molar-refractivity contribution in [1.82, 2.24) is 9.80 Å². The molecule has 1 heterocycles. The third-order valence-corrected chi connectivity index (χ3v) is 3.70. The van der Waals surface area contributed by atoms with Crippen molar-refractivity contribution in [3.05, 3.63) is 34.6 Å².